The largest absolute Gasteiger partial charge is 0.351 e. The smallest absolute Gasteiger partial charge is 0.250 e. The van der Waals surface area contributed by atoms with E-state index in [4.69, 9.17) is 11.6 Å². The number of hydrogen-bond donors (Lipinski definition) is 1. The Bertz CT molecular complexity index is 920. The number of nitrogens with one attached hydrogen (secondary N) is 1. The zero-order valence-corrected chi connectivity index (χ0v) is 17.8. The number of halogens is 1. The highest BCUT2D eigenvalue weighted by molar-refractivity contribution is 6.30. The number of β-lactam (4-membered cyclic amide) rings is 1. The van der Waals surface area contributed by atoms with Gasteiger partial charge in [-0.15, -0.1) is 0 Å². The number of rotatable bonds is 6. The maximum atomic E-state index is 13.5. The van der Waals surface area contributed by atoms with E-state index in [9.17, 15) is 9.59 Å². The van der Waals surface area contributed by atoms with Crippen LogP contribution in [0.15, 0.2) is 60.7 Å². The van der Waals surface area contributed by atoms with Crippen molar-refractivity contribution in [2.24, 2.45) is 0 Å². The fraction of sp³-hybridized carbons (Fsp3) is 0.360. The summed E-state index contributed by atoms with van der Waals surface area (Å²) in [5.74, 6) is -0.0865. The molecule has 1 atom stereocenters. The predicted molar refractivity (Wildman–Crippen MR) is 120 cm³/mol. The molecule has 156 valence electrons. The third-order valence-electron chi connectivity index (χ3n) is 6.14. The van der Waals surface area contributed by atoms with Gasteiger partial charge in [-0.1, -0.05) is 79.4 Å². The summed E-state index contributed by atoms with van der Waals surface area (Å²) >= 11 is 6.00. The van der Waals surface area contributed by atoms with E-state index in [0.29, 0.717) is 11.6 Å². The van der Waals surface area contributed by atoms with Crippen molar-refractivity contribution in [1.82, 2.24) is 10.2 Å². The molecule has 2 aromatic rings. The molecular weight excluding hydrogens is 396 g/mol. The molecule has 2 aliphatic rings. The number of hydrogen-bond acceptors (Lipinski definition) is 2. The summed E-state index contributed by atoms with van der Waals surface area (Å²) in [5, 5.41) is 3.89. The normalized spacial score (nSPS) is 22.2. The number of amides is 2. The quantitative estimate of drug-likeness (QED) is 0.668. The summed E-state index contributed by atoms with van der Waals surface area (Å²) in [6, 6.07) is 17.5. The average Bonchev–Trinajstić information content (AvgIpc) is 2.77. The average molecular weight is 423 g/mol. The monoisotopic (exact) mass is 422 g/mol. The number of nitrogens with zero attached hydrogens (tertiary/aromatic N) is 1. The van der Waals surface area contributed by atoms with E-state index in [0.717, 1.165) is 36.8 Å². The summed E-state index contributed by atoms with van der Waals surface area (Å²) in [6.07, 6.45) is 9.58. The highest BCUT2D eigenvalue weighted by Gasteiger charge is 2.54. The van der Waals surface area contributed by atoms with E-state index in [1.165, 1.54) is 6.42 Å². The van der Waals surface area contributed by atoms with Gasteiger partial charge in [-0.3, -0.25) is 9.59 Å². The van der Waals surface area contributed by atoms with Crippen molar-refractivity contribution in [1.29, 1.82) is 0 Å². The summed E-state index contributed by atoms with van der Waals surface area (Å²) in [4.78, 5) is 27.8. The Morgan fingerprint density at radius 2 is 1.77 bits per heavy atom. The molecule has 0 aromatic heterocycles. The Kier molecular flexibility index (Phi) is 6.24. The Balaban J connectivity index is 1.60. The van der Waals surface area contributed by atoms with Gasteiger partial charge in [-0.2, -0.15) is 0 Å². The maximum Gasteiger partial charge on any atom is 0.250 e. The third kappa shape index (κ3) is 4.44. The molecule has 1 aliphatic heterocycles. The van der Waals surface area contributed by atoms with Crippen molar-refractivity contribution in [2.75, 3.05) is 0 Å². The van der Waals surface area contributed by atoms with E-state index in [-0.39, 0.29) is 24.3 Å². The lowest BCUT2D eigenvalue weighted by Gasteiger charge is -2.49. The molecule has 2 fully saturated rings. The molecule has 1 saturated carbocycles. The SMILES string of the molecule is O=C1CC(/C=C/c2ccccc2)(C(=O)NC2CCCCC2)N1Cc1ccc(Cl)cc1. The molecule has 1 heterocycles. The van der Waals surface area contributed by atoms with Crippen LogP contribution in [0.5, 0.6) is 0 Å². The summed E-state index contributed by atoms with van der Waals surface area (Å²) in [5.41, 5.74) is 1.01. The van der Waals surface area contributed by atoms with Crippen LogP contribution in [0.1, 0.15) is 49.7 Å². The van der Waals surface area contributed by atoms with Crippen molar-refractivity contribution in [3.8, 4) is 0 Å². The summed E-state index contributed by atoms with van der Waals surface area (Å²) < 4.78 is 0. The van der Waals surface area contributed by atoms with Crippen LogP contribution in [-0.2, 0) is 16.1 Å². The standard InChI is InChI=1S/C25H27ClN2O2/c26-21-13-11-20(12-14-21)18-28-23(29)17-25(28,16-15-19-7-3-1-4-8-19)24(30)27-22-9-5-2-6-10-22/h1,3-4,7-8,11-16,22H,2,5-6,9-10,17-18H2,(H,27,30)/b16-15+. The first-order chi connectivity index (χ1) is 14.6. The molecule has 30 heavy (non-hydrogen) atoms. The molecule has 4 rings (SSSR count). The van der Waals surface area contributed by atoms with Crippen LogP contribution >= 0.6 is 11.6 Å². The van der Waals surface area contributed by atoms with Gasteiger partial charge in [0.1, 0.15) is 5.54 Å². The van der Waals surface area contributed by atoms with Crippen molar-refractivity contribution >= 4 is 29.5 Å². The molecule has 0 bridgehead atoms. The Morgan fingerprint density at radius 1 is 1.07 bits per heavy atom. The zero-order valence-electron chi connectivity index (χ0n) is 17.0. The molecule has 1 unspecified atom stereocenters. The van der Waals surface area contributed by atoms with Crippen LogP contribution in [0.2, 0.25) is 5.02 Å². The van der Waals surface area contributed by atoms with E-state index in [1.54, 1.807) is 4.90 Å². The van der Waals surface area contributed by atoms with E-state index >= 15 is 0 Å². The fourth-order valence-electron chi connectivity index (χ4n) is 4.34. The van der Waals surface area contributed by atoms with Gasteiger partial charge in [0.2, 0.25) is 5.91 Å². The molecule has 1 saturated heterocycles. The minimum Gasteiger partial charge on any atom is -0.351 e. The van der Waals surface area contributed by atoms with Crippen LogP contribution in [0.3, 0.4) is 0 Å². The second kappa shape index (κ2) is 9.05. The molecule has 2 amide bonds. The van der Waals surface area contributed by atoms with E-state index < -0.39 is 5.54 Å². The zero-order chi connectivity index (χ0) is 21.0. The van der Waals surface area contributed by atoms with E-state index in [1.807, 2.05) is 66.7 Å². The topological polar surface area (TPSA) is 49.4 Å². The molecule has 0 radical (unpaired) electrons. The highest BCUT2D eigenvalue weighted by atomic mass is 35.5. The van der Waals surface area contributed by atoms with Gasteiger partial charge in [-0.05, 0) is 42.2 Å². The van der Waals surface area contributed by atoms with Crippen LogP contribution in [0.25, 0.3) is 6.08 Å². The fourth-order valence-corrected chi connectivity index (χ4v) is 4.46. The van der Waals surface area contributed by atoms with E-state index in [2.05, 4.69) is 5.32 Å². The van der Waals surface area contributed by atoms with Crippen molar-refractivity contribution < 1.29 is 9.59 Å². The first-order valence-corrected chi connectivity index (χ1v) is 11.0. The Hall–Kier alpha value is -2.59. The van der Waals surface area contributed by atoms with Crippen molar-refractivity contribution in [3.05, 3.63) is 76.8 Å². The highest BCUT2D eigenvalue weighted by Crippen LogP contribution is 2.37. The maximum absolute atomic E-state index is 13.5. The van der Waals surface area contributed by atoms with Gasteiger partial charge in [0, 0.05) is 17.6 Å². The first kappa shape index (κ1) is 20.7. The van der Waals surface area contributed by atoms with Crippen molar-refractivity contribution in [2.45, 2.75) is 56.7 Å². The molecule has 4 nitrogen and oxygen atoms in total. The van der Waals surface area contributed by atoms with Crippen LogP contribution in [0, 0.1) is 0 Å². The minimum atomic E-state index is -0.954. The number of likely N-dealkylation sites (tertiary alicyclic amines) is 1. The number of carbonyl (C=O) groups is 2. The lowest BCUT2D eigenvalue weighted by Crippen LogP contribution is -2.69. The molecule has 1 aliphatic carbocycles. The van der Waals surface area contributed by atoms with Gasteiger partial charge in [0.25, 0.3) is 5.91 Å². The van der Waals surface area contributed by atoms with Crippen LogP contribution in [-0.4, -0.2) is 28.3 Å². The van der Waals surface area contributed by atoms with Crippen molar-refractivity contribution in [3.63, 3.8) is 0 Å². The molecule has 1 N–H and O–H groups in total. The lowest BCUT2D eigenvalue weighted by molar-refractivity contribution is -0.162. The Labute approximate surface area is 182 Å². The summed E-state index contributed by atoms with van der Waals surface area (Å²) in [7, 11) is 0. The van der Waals surface area contributed by atoms with Crippen LogP contribution < -0.4 is 5.32 Å². The van der Waals surface area contributed by atoms with Gasteiger partial charge < -0.3 is 10.2 Å². The molecule has 0 spiro atoms. The molecule has 2 aromatic carbocycles. The molecular formula is C25H27ClN2O2. The second-order valence-electron chi connectivity index (χ2n) is 8.26. The lowest BCUT2D eigenvalue weighted by atomic mass is 9.80. The molecule has 5 heteroatoms. The number of benzene rings is 2. The summed E-state index contributed by atoms with van der Waals surface area (Å²) in [6.45, 7) is 0.382. The van der Waals surface area contributed by atoms with Gasteiger partial charge in [0.05, 0.1) is 6.42 Å². The van der Waals surface area contributed by atoms with Gasteiger partial charge >= 0.3 is 0 Å². The van der Waals surface area contributed by atoms with Gasteiger partial charge in [-0.25, -0.2) is 0 Å². The van der Waals surface area contributed by atoms with Crippen LogP contribution in [0.4, 0.5) is 0 Å². The predicted octanol–water partition coefficient (Wildman–Crippen LogP) is 4.97. The van der Waals surface area contributed by atoms with Gasteiger partial charge in [0.15, 0.2) is 0 Å². The third-order valence-corrected chi connectivity index (χ3v) is 6.39. The minimum absolute atomic E-state index is 0.0125. The first-order valence-electron chi connectivity index (χ1n) is 10.7. The number of carbonyl (C=O) groups excluding carboxylic acids is 2. The second-order valence-corrected chi connectivity index (χ2v) is 8.70. The Morgan fingerprint density at radius 3 is 2.43 bits per heavy atom.